The van der Waals surface area contributed by atoms with Crippen LogP contribution in [0.4, 0.5) is 0 Å². The molecule has 0 aromatic rings. The number of carbonyl (C=O) groups excluding carboxylic acids is 1. The lowest BCUT2D eigenvalue weighted by Crippen LogP contribution is -2.40. The lowest BCUT2D eigenvalue weighted by atomic mass is 9.92. The molecule has 0 radical (unpaired) electrons. The third-order valence-corrected chi connectivity index (χ3v) is 3.91. The first-order valence-corrected chi connectivity index (χ1v) is 6.78. The summed E-state index contributed by atoms with van der Waals surface area (Å²) < 4.78 is 0. The van der Waals surface area contributed by atoms with Gasteiger partial charge in [-0.2, -0.15) is 0 Å². The van der Waals surface area contributed by atoms with E-state index in [1.54, 1.807) is 0 Å². The molecule has 1 saturated carbocycles. The Kier molecular flexibility index (Phi) is 4.99. The SMILES string of the molecule is CC1CCC(CC(=O)N(C)CC(C)(C)CN)C1. The van der Waals surface area contributed by atoms with Crippen LogP contribution in [0.5, 0.6) is 0 Å². The topological polar surface area (TPSA) is 46.3 Å². The van der Waals surface area contributed by atoms with Crippen LogP contribution in [0.25, 0.3) is 0 Å². The van der Waals surface area contributed by atoms with Crippen molar-refractivity contribution in [3.63, 3.8) is 0 Å². The Bertz CT molecular complexity index is 263. The number of hydrogen-bond acceptors (Lipinski definition) is 2. The van der Waals surface area contributed by atoms with Crippen molar-refractivity contribution in [3.05, 3.63) is 0 Å². The highest BCUT2D eigenvalue weighted by Gasteiger charge is 2.26. The van der Waals surface area contributed by atoms with E-state index < -0.39 is 0 Å². The maximum absolute atomic E-state index is 12.1. The molecule has 0 spiro atoms. The van der Waals surface area contributed by atoms with E-state index >= 15 is 0 Å². The zero-order valence-corrected chi connectivity index (χ0v) is 11.8. The van der Waals surface area contributed by atoms with E-state index in [9.17, 15) is 4.79 Å². The lowest BCUT2D eigenvalue weighted by molar-refractivity contribution is -0.132. The molecule has 3 heteroatoms. The molecule has 2 unspecified atom stereocenters. The summed E-state index contributed by atoms with van der Waals surface area (Å²) >= 11 is 0. The summed E-state index contributed by atoms with van der Waals surface area (Å²) in [5, 5.41) is 0. The second-order valence-electron chi connectivity index (χ2n) is 6.61. The molecule has 0 saturated heterocycles. The van der Waals surface area contributed by atoms with E-state index in [0.717, 1.165) is 18.9 Å². The van der Waals surface area contributed by atoms with Crippen molar-refractivity contribution >= 4 is 5.91 Å². The van der Waals surface area contributed by atoms with E-state index in [-0.39, 0.29) is 11.3 Å². The van der Waals surface area contributed by atoms with Gasteiger partial charge in [-0.05, 0) is 36.6 Å². The molecule has 1 amide bonds. The molecule has 1 fully saturated rings. The summed E-state index contributed by atoms with van der Waals surface area (Å²) in [6, 6.07) is 0. The van der Waals surface area contributed by atoms with Crippen LogP contribution in [-0.4, -0.2) is 30.9 Å². The largest absolute Gasteiger partial charge is 0.345 e. The number of rotatable bonds is 5. The van der Waals surface area contributed by atoms with Crippen molar-refractivity contribution in [2.45, 2.75) is 46.5 Å². The van der Waals surface area contributed by atoms with Gasteiger partial charge < -0.3 is 10.6 Å². The van der Waals surface area contributed by atoms with Gasteiger partial charge in [0.15, 0.2) is 0 Å². The van der Waals surface area contributed by atoms with Gasteiger partial charge in [0.05, 0.1) is 0 Å². The molecule has 3 nitrogen and oxygen atoms in total. The monoisotopic (exact) mass is 240 g/mol. The minimum absolute atomic E-state index is 0.0212. The summed E-state index contributed by atoms with van der Waals surface area (Å²) in [5.41, 5.74) is 5.72. The maximum Gasteiger partial charge on any atom is 0.222 e. The first-order valence-electron chi connectivity index (χ1n) is 6.78. The first kappa shape index (κ1) is 14.5. The number of nitrogens with two attached hydrogens (primary N) is 1. The van der Waals surface area contributed by atoms with Gasteiger partial charge in [0.25, 0.3) is 0 Å². The summed E-state index contributed by atoms with van der Waals surface area (Å²) in [6.07, 6.45) is 4.46. The van der Waals surface area contributed by atoms with Gasteiger partial charge in [-0.1, -0.05) is 27.2 Å². The molecule has 0 heterocycles. The maximum atomic E-state index is 12.1. The van der Waals surface area contributed by atoms with E-state index in [4.69, 9.17) is 5.73 Å². The van der Waals surface area contributed by atoms with E-state index in [1.165, 1.54) is 19.3 Å². The number of carbonyl (C=O) groups is 1. The molecule has 2 N–H and O–H groups in total. The molecule has 1 aliphatic carbocycles. The van der Waals surface area contributed by atoms with Crippen molar-refractivity contribution in [2.24, 2.45) is 23.0 Å². The van der Waals surface area contributed by atoms with Gasteiger partial charge in [-0.25, -0.2) is 0 Å². The second kappa shape index (κ2) is 5.85. The van der Waals surface area contributed by atoms with Gasteiger partial charge >= 0.3 is 0 Å². The standard InChI is InChI=1S/C14H28N2O/c1-11-5-6-12(7-11)8-13(17)16(4)10-14(2,3)9-15/h11-12H,5-10,15H2,1-4H3. The van der Waals surface area contributed by atoms with Crippen LogP contribution in [0.15, 0.2) is 0 Å². The van der Waals surface area contributed by atoms with Crippen molar-refractivity contribution in [1.82, 2.24) is 4.90 Å². The Hall–Kier alpha value is -0.570. The van der Waals surface area contributed by atoms with Gasteiger partial charge in [0.2, 0.25) is 5.91 Å². The number of hydrogen-bond donors (Lipinski definition) is 1. The van der Waals surface area contributed by atoms with Gasteiger partial charge in [0, 0.05) is 20.0 Å². The third-order valence-electron chi connectivity index (χ3n) is 3.91. The van der Waals surface area contributed by atoms with Gasteiger partial charge in [-0.15, -0.1) is 0 Å². The molecule has 1 rings (SSSR count). The summed E-state index contributed by atoms with van der Waals surface area (Å²) in [5.74, 6) is 1.70. The molecular formula is C14H28N2O. The molecule has 100 valence electrons. The van der Waals surface area contributed by atoms with Crippen molar-refractivity contribution in [2.75, 3.05) is 20.1 Å². The van der Waals surface area contributed by atoms with E-state index in [2.05, 4.69) is 20.8 Å². The average Bonchev–Trinajstić information content (AvgIpc) is 2.63. The Morgan fingerprint density at radius 3 is 2.53 bits per heavy atom. The van der Waals surface area contributed by atoms with Gasteiger partial charge in [-0.3, -0.25) is 4.79 Å². The third kappa shape index (κ3) is 4.66. The average molecular weight is 240 g/mol. The number of amides is 1. The Morgan fingerprint density at radius 2 is 2.06 bits per heavy atom. The van der Waals surface area contributed by atoms with Gasteiger partial charge in [0.1, 0.15) is 0 Å². The van der Waals surface area contributed by atoms with Crippen LogP contribution >= 0.6 is 0 Å². The summed E-state index contributed by atoms with van der Waals surface area (Å²) in [4.78, 5) is 13.9. The molecule has 0 bridgehead atoms. The Balaban J connectivity index is 2.37. The highest BCUT2D eigenvalue weighted by Crippen LogP contribution is 2.32. The predicted octanol–water partition coefficient (Wildman–Crippen LogP) is 2.26. The van der Waals surface area contributed by atoms with Crippen LogP contribution in [-0.2, 0) is 4.79 Å². The molecule has 0 aromatic heterocycles. The zero-order valence-electron chi connectivity index (χ0n) is 11.8. The molecule has 17 heavy (non-hydrogen) atoms. The van der Waals surface area contributed by atoms with Crippen LogP contribution in [0, 0.1) is 17.3 Å². The van der Waals surface area contributed by atoms with Crippen LogP contribution in [0.2, 0.25) is 0 Å². The minimum atomic E-state index is 0.0212. The molecular weight excluding hydrogens is 212 g/mol. The lowest BCUT2D eigenvalue weighted by Gasteiger charge is -2.29. The fraction of sp³-hybridized carbons (Fsp3) is 0.929. The fourth-order valence-corrected chi connectivity index (χ4v) is 2.71. The van der Waals surface area contributed by atoms with Crippen LogP contribution < -0.4 is 5.73 Å². The molecule has 0 aromatic carbocycles. The summed E-state index contributed by atoms with van der Waals surface area (Å²) in [6.45, 7) is 7.87. The second-order valence-corrected chi connectivity index (χ2v) is 6.61. The fourth-order valence-electron chi connectivity index (χ4n) is 2.71. The molecule has 0 aliphatic heterocycles. The van der Waals surface area contributed by atoms with Crippen molar-refractivity contribution in [3.8, 4) is 0 Å². The smallest absolute Gasteiger partial charge is 0.222 e. The normalized spacial score (nSPS) is 25.0. The molecule has 1 aliphatic rings. The van der Waals surface area contributed by atoms with Crippen molar-refractivity contribution in [1.29, 1.82) is 0 Å². The predicted molar refractivity (Wildman–Crippen MR) is 71.6 cm³/mol. The highest BCUT2D eigenvalue weighted by atomic mass is 16.2. The van der Waals surface area contributed by atoms with E-state index in [1.807, 2.05) is 11.9 Å². The number of nitrogens with zero attached hydrogens (tertiary/aromatic N) is 1. The quantitative estimate of drug-likeness (QED) is 0.801. The minimum Gasteiger partial charge on any atom is -0.345 e. The first-order chi connectivity index (χ1) is 7.84. The Labute approximate surface area is 106 Å². The van der Waals surface area contributed by atoms with Crippen LogP contribution in [0.3, 0.4) is 0 Å². The van der Waals surface area contributed by atoms with Crippen molar-refractivity contribution < 1.29 is 4.79 Å². The van der Waals surface area contributed by atoms with Crippen LogP contribution in [0.1, 0.15) is 46.5 Å². The summed E-state index contributed by atoms with van der Waals surface area (Å²) in [7, 11) is 1.90. The highest BCUT2D eigenvalue weighted by molar-refractivity contribution is 5.76. The Morgan fingerprint density at radius 1 is 1.41 bits per heavy atom. The zero-order chi connectivity index (χ0) is 13.1. The molecule has 2 atom stereocenters. The van der Waals surface area contributed by atoms with E-state index in [0.29, 0.717) is 12.5 Å².